The first kappa shape index (κ1) is 25.1. The molecule has 1 saturated carbocycles. The van der Waals surface area contributed by atoms with Crippen LogP contribution in [0.25, 0.3) is 22.3 Å². The van der Waals surface area contributed by atoms with Gasteiger partial charge in [0.15, 0.2) is 0 Å². The molecule has 2 amide bonds. The Morgan fingerprint density at radius 1 is 1.27 bits per heavy atom. The zero-order chi connectivity index (χ0) is 26.1. The van der Waals surface area contributed by atoms with Crippen LogP contribution in [0, 0.1) is 18.7 Å². The van der Waals surface area contributed by atoms with Crippen LogP contribution in [0.2, 0.25) is 0 Å². The topological polar surface area (TPSA) is 130 Å². The number of benzene rings is 1. The molecule has 2 aliphatic rings. The van der Waals surface area contributed by atoms with Crippen LogP contribution in [0.5, 0.6) is 5.75 Å². The molecule has 10 nitrogen and oxygen atoms in total. The molecule has 1 saturated heterocycles. The number of ether oxygens (including phenoxy) is 2. The van der Waals surface area contributed by atoms with E-state index in [-0.39, 0.29) is 19.1 Å². The molecule has 5 rings (SSSR count). The molecular weight excluding hydrogens is 481 g/mol. The Hall–Kier alpha value is -3.57. The summed E-state index contributed by atoms with van der Waals surface area (Å²) in [6.07, 6.45) is 3.06. The van der Waals surface area contributed by atoms with Crippen LogP contribution in [0.1, 0.15) is 35.3 Å². The average Bonchev–Trinajstić information content (AvgIpc) is 3.64. The van der Waals surface area contributed by atoms with Crippen LogP contribution < -0.4 is 10.1 Å². The fourth-order valence-corrected chi connectivity index (χ4v) is 4.69. The van der Waals surface area contributed by atoms with Gasteiger partial charge in [0.25, 0.3) is 5.91 Å². The van der Waals surface area contributed by atoms with Crippen molar-refractivity contribution in [2.45, 2.75) is 38.3 Å². The number of β-amino-alcohol motifs (C(OH)–C–C–N with tert-alkyl or cyclic N) is 1. The lowest BCUT2D eigenvalue weighted by Gasteiger charge is -2.36. The molecule has 3 heterocycles. The smallest absolute Gasteiger partial charge is 0.255 e. The van der Waals surface area contributed by atoms with E-state index >= 15 is 0 Å². The third kappa shape index (κ3) is 5.28. The standard InChI is InChI=1S/C26H30FN5O5/c1-14-22(26(35)31-18-7-8-32(10-19(18)33)21(34)12-36-2)24-25(30-14)23(28-13-29-24)17-6-5-16(27)9-20(17)37-11-15-3-4-15/h5-6,9,13,15,18-19,30,33H,3-4,7-8,10-12H2,1-2H3,(H,31,35)/t18-,19-/m0/s1. The van der Waals surface area contributed by atoms with E-state index in [0.717, 1.165) is 12.8 Å². The quantitative estimate of drug-likeness (QED) is 0.423. The highest BCUT2D eigenvalue weighted by Crippen LogP contribution is 2.36. The van der Waals surface area contributed by atoms with Crippen LogP contribution in [0.4, 0.5) is 4.39 Å². The summed E-state index contributed by atoms with van der Waals surface area (Å²) >= 11 is 0. The summed E-state index contributed by atoms with van der Waals surface area (Å²) in [7, 11) is 1.44. The van der Waals surface area contributed by atoms with Crippen molar-refractivity contribution < 1.29 is 28.6 Å². The van der Waals surface area contributed by atoms with E-state index in [9.17, 15) is 19.1 Å². The maximum Gasteiger partial charge on any atom is 0.255 e. The molecule has 1 aromatic carbocycles. The fraction of sp³-hybridized carbons (Fsp3) is 0.462. The van der Waals surface area contributed by atoms with Crippen LogP contribution in [0.3, 0.4) is 0 Å². The zero-order valence-electron chi connectivity index (χ0n) is 20.8. The Balaban J connectivity index is 1.39. The number of aliphatic hydroxyl groups is 1. The summed E-state index contributed by atoms with van der Waals surface area (Å²) in [5.74, 6) is -0.119. The number of aryl methyl sites for hydroxylation is 1. The number of carbonyl (C=O) groups is 2. The lowest BCUT2D eigenvalue weighted by atomic mass is 10.0. The second kappa shape index (κ2) is 10.4. The molecule has 3 aromatic rings. The van der Waals surface area contributed by atoms with Crippen LogP contribution in [-0.4, -0.2) is 82.3 Å². The minimum absolute atomic E-state index is 0.0539. The normalized spacial score (nSPS) is 19.7. The third-order valence-electron chi connectivity index (χ3n) is 6.89. The van der Waals surface area contributed by atoms with Crippen molar-refractivity contribution in [3.63, 3.8) is 0 Å². The molecule has 0 spiro atoms. The molecule has 2 fully saturated rings. The molecule has 1 aliphatic carbocycles. The number of amides is 2. The number of rotatable bonds is 8. The van der Waals surface area contributed by atoms with Gasteiger partial charge in [-0.3, -0.25) is 9.59 Å². The summed E-state index contributed by atoms with van der Waals surface area (Å²) in [6.45, 7) is 2.73. The first-order chi connectivity index (χ1) is 17.9. The van der Waals surface area contributed by atoms with E-state index in [0.29, 0.717) is 64.8 Å². The van der Waals surface area contributed by atoms with Gasteiger partial charge in [0.2, 0.25) is 5.91 Å². The van der Waals surface area contributed by atoms with Crippen molar-refractivity contribution in [2.75, 3.05) is 33.4 Å². The van der Waals surface area contributed by atoms with Gasteiger partial charge in [-0.15, -0.1) is 0 Å². The predicted octanol–water partition coefficient (Wildman–Crippen LogP) is 2.20. The number of aromatic nitrogens is 3. The van der Waals surface area contributed by atoms with Gasteiger partial charge in [0, 0.05) is 37.5 Å². The van der Waals surface area contributed by atoms with E-state index in [2.05, 4.69) is 20.3 Å². The van der Waals surface area contributed by atoms with E-state index in [1.165, 1.54) is 30.5 Å². The molecule has 3 N–H and O–H groups in total. The number of nitrogens with one attached hydrogen (secondary N) is 2. The number of H-pyrrole nitrogens is 1. The minimum Gasteiger partial charge on any atom is -0.492 e. The van der Waals surface area contributed by atoms with Crippen molar-refractivity contribution in [3.05, 3.63) is 41.6 Å². The minimum atomic E-state index is -0.917. The van der Waals surface area contributed by atoms with E-state index < -0.39 is 23.9 Å². The molecule has 196 valence electrons. The monoisotopic (exact) mass is 511 g/mol. The largest absolute Gasteiger partial charge is 0.492 e. The Morgan fingerprint density at radius 3 is 2.81 bits per heavy atom. The van der Waals surface area contributed by atoms with E-state index in [4.69, 9.17) is 9.47 Å². The van der Waals surface area contributed by atoms with Crippen molar-refractivity contribution in [1.29, 1.82) is 0 Å². The second-order valence-electron chi connectivity index (χ2n) is 9.67. The maximum atomic E-state index is 14.0. The number of halogens is 1. The van der Waals surface area contributed by atoms with Crippen molar-refractivity contribution in [2.24, 2.45) is 5.92 Å². The highest BCUT2D eigenvalue weighted by molar-refractivity contribution is 6.09. The van der Waals surface area contributed by atoms with Gasteiger partial charge in [0.05, 0.1) is 29.8 Å². The lowest BCUT2D eigenvalue weighted by molar-refractivity contribution is -0.138. The molecule has 1 aliphatic heterocycles. The number of hydrogen-bond donors (Lipinski definition) is 3. The number of hydrogen-bond acceptors (Lipinski definition) is 7. The molecule has 2 atom stereocenters. The van der Waals surface area contributed by atoms with Crippen molar-refractivity contribution in [1.82, 2.24) is 25.2 Å². The van der Waals surface area contributed by atoms with Gasteiger partial charge in [-0.25, -0.2) is 14.4 Å². The lowest BCUT2D eigenvalue weighted by Crippen LogP contribution is -2.55. The van der Waals surface area contributed by atoms with E-state index in [1.807, 2.05) is 0 Å². The second-order valence-corrected chi connectivity index (χ2v) is 9.67. The number of fused-ring (bicyclic) bond motifs is 1. The number of methoxy groups -OCH3 is 1. The van der Waals surface area contributed by atoms with Gasteiger partial charge >= 0.3 is 0 Å². The number of likely N-dealkylation sites (tertiary alicyclic amines) is 1. The Morgan fingerprint density at radius 2 is 2.08 bits per heavy atom. The molecule has 2 aromatic heterocycles. The van der Waals surface area contributed by atoms with Gasteiger partial charge in [0.1, 0.15) is 35.7 Å². The number of nitrogens with zero attached hydrogens (tertiary/aromatic N) is 3. The van der Waals surface area contributed by atoms with Gasteiger partial charge in [-0.05, 0) is 44.2 Å². The van der Waals surface area contributed by atoms with Crippen molar-refractivity contribution >= 4 is 22.8 Å². The molecular formula is C26H30FN5O5. The van der Waals surface area contributed by atoms with Crippen molar-refractivity contribution in [3.8, 4) is 17.0 Å². The Kier molecular flexibility index (Phi) is 7.07. The first-order valence-corrected chi connectivity index (χ1v) is 12.4. The predicted molar refractivity (Wildman–Crippen MR) is 133 cm³/mol. The number of piperidine rings is 1. The van der Waals surface area contributed by atoms with Gasteiger partial charge in [-0.2, -0.15) is 0 Å². The molecule has 0 radical (unpaired) electrons. The number of aromatic amines is 1. The summed E-state index contributed by atoms with van der Waals surface area (Å²) in [4.78, 5) is 38.9. The van der Waals surface area contributed by atoms with Gasteiger partial charge < -0.3 is 29.8 Å². The third-order valence-corrected chi connectivity index (χ3v) is 6.89. The van der Waals surface area contributed by atoms with Crippen LogP contribution in [0.15, 0.2) is 24.5 Å². The molecule has 0 unspecified atom stereocenters. The highest BCUT2D eigenvalue weighted by atomic mass is 19.1. The highest BCUT2D eigenvalue weighted by Gasteiger charge is 2.32. The maximum absolute atomic E-state index is 14.0. The fourth-order valence-electron chi connectivity index (χ4n) is 4.69. The summed E-state index contributed by atoms with van der Waals surface area (Å²) in [5.41, 5.74) is 2.98. The summed E-state index contributed by atoms with van der Waals surface area (Å²) in [6, 6.07) is 3.79. The molecule has 11 heteroatoms. The molecule has 0 bridgehead atoms. The van der Waals surface area contributed by atoms with Crippen LogP contribution >= 0.6 is 0 Å². The van der Waals surface area contributed by atoms with Crippen LogP contribution in [-0.2, 0) is 9.53 Å². The molecule has 37 heavy (non-hydrogen) atoms. The van der Waals surface area contributed by atoms with E-state index in [1.54, 1.807) is 13.0 Å². The number of carbonyl (C=O) groups excluding carboxylic acids is 2. The zero-order valence-corrected chi connectivity index (χ0v) is 20.8. The summed E-state index contributed by atoms with van der Waals surface area (Å²) < 4.78 is 24.8. The Bertz CT molecular complexity index is 1320. The average molecular weight is 512 g/mol. The first-order valence-electron chi connectivity index (χ1n) is 12.4. The Labute approximate surface area is 213 Å². The number of aliphatic hydroxyl groups excluding tert-OH is 1. The summed E-state index contributed by atoms with van der Waals surface area (Å²) in [5, 5.41) is 13.5. The SMILES string of the molecule is COCC(=O)N1CC[C@H](NC(=O)c2c(C)[nH]c3c(-c4ccc(F)cc4OCC4CC4)ncnc23)[C@@H](O)C1. The van der Waals surface area contributed by atoms with Gasteiger partial charge in [-0.1, -0.05) is 0 Å².